The maximum atomic E-state index is 11.3. The number of ketones is 1. The van der Waals surface area contributed by atoms with Crippen molar-refractivity contribution >= 4 is 17.2 Å². The summed E-state index contributed by atoms with van der Waals surface area (Å²) in [6, 6.07) is 4.70. The molecule has 0 aliphatic heterocycles. The summed E-state index contributed by atoms with van der Waals surface area (Å²) in [5, 5.41) is 10.9. The van der Waals surface area contributed by atoms with Crippen LogP contribution in [0, 0.1) is 10.1 Å². The van der Waals surface area contributed by atoms with E-state index in [1.54, 1.807) is 6.07 Å². The van der Waals surface area contributed by atoms with Gasteiger partial charge in [-0.3, -0.25) is 14.9 Å². The first kappa shape index (κ1) is 13.2. The molecule has 0 bridgehead atoms. The van der Waals surface area contributed by atoms with E-state index in [1.165, 1.54) is 19.1 Å². The van der Waals surface area contributed by atoms with Gasteiger partial charge in [-0.25, -0.2) is 0 Å². The summed E-state index contributed by atoms with van der Waals surface area (Å²) in [7, 11) is 1.87. The molecule has 0 aliphatic carbocycles. The van der Waals surface area contributed by atoms with E-state index in [0.717, 1.165) is 18.7 Å². The maximum absolute atomic E-state index is 11.3. The van der Waals surface area contributed by atoms with Crippen LogP contribution < -0.4 is 4.90 Å². The average Bonchev–Trinajstić information content (AvgIpc) is 2.28. The fourth-order valence-corrected chi connectivity index (χ4v) is 1.67. The highest BCUT2D eigenvalue weighted by Gasteiger charge is 2.18. The van der Waals surface area contributed by atoms with Crippen LogP contribution in [0.25, 0.3) is 0 Å². The van der Waals surface area contributed by atoms with Crippen molar-refractivity contribution in [2.24, 2.45) is 0 Å². The van der Waals surface area contributed by atoms with E-state index < -0.39 is 4.92 Å². The van der Waals surface area contributed by atoms with Crippen LogP contribution in [0.2, 0.25) is 0 Å². The first-order chi connectivity index (χ1) is 7.97. The molecule has 0 saturated heterocycles. The second-order valence-electron chi connectivity index (χ2n) is 3.94. The molecule has 1 aromatic carbocycles. The Labute approximate surface area is 100 Å². The highest BCUT2D eigenvalue weighted by Crippen LogP contribution is 2.25. The van der Waals surface area contributed by atoms with Gasteiger partial charge in [0.05, 0.1) is 10.5 Å². The Bertz CT molecular complexity index is 443. The Hall–Kier alpha value is -1.91. The molecule has 0 aromatic heterocycles. The van der Waals surface area contributed by atoms with Gasteiger partial charge in [0.25, 0.3) is 5.69 Å². The van der Waals surface area contributed by atoms with E-state index in [0.29, 0.717) is 0 Å². The second kappa shape index (κ2) is 5.43. The molecule has 1 rings (SSSR count). The number of rotatable bonds is 5. The lowest BCUT2D eigenvalue weighted by Crippen LogP contribution is -2.18. The summed E-state index contributed by atoms with van der Waals surface area (Å²) in [5.74, 6) is -0.290. The summed E-state index contributed by atoms with van der Waals surface area (Å²) >= 11 is 0. The zero-order valence-corrected chi connectivity index (χ0v) is 10.3. The number of benzene rings is 1. The molecule has 0 aliphatic rings. The van der Waals surface area contributed by atoms with Gasteiger partial charge in [-0.2, -0.15) is 0 Å². The van der Waals surface area contributed by atoms with Crippen LogP contribution >= 0.6 is 0 Å². The third-order valence-electron chi connectivity index (χ3n) is 2.56. The largest absolute Gasteiger partial charge is 0.374 e. The van der Waals surface area contributed by atoms with Crippen molar-refractivity contribution in [3.8, 4) is 0 Å². The third-order valence-corrected chi connectivity index (χ3v) is 2.56. The fraction of sp³-hybridized carbons (Fsp3) is 0.417. The first-order valence-electron chi connectivity index (χ1n) is 5.48. The molecule has 92 valence electrons. The van der Waals surface area contributed by atoms with Gasteiger partial charge in [0, 0.05) is 25.3 Å². The molecule has 0 radical (unpaired) electrons. The molecule has 0 fully saturated rings. The Kier molecular flexibility index (Phi) is 4.20. The first-order valence-corrected chi connectivity index (χ1v) is 5.48. The Morgan fingerprint density at radius 1 is 1.47 bits per heavy atom. The van der Waals surface area contributed by atoms with E-state index in [4.69, 9.17) is 0 Å². The minimum Gasteiger partial charge on any atom is -0.374 e. The SMILES string of the molecule is CCCN(C)c1ccc(C(C)=O)c([N+](=O)[O-])c1. The van der Waals surface area contributed by atoms with Crippen molar-refractivity contribution in [2.45, 2.75) is 20.3 Å². The number of carbonyl (C=O) groups excluding carboxylic acids is 1. The molecule has 5 heteroatoms. The lowest BCUT2D eigenvalue weighted by Gasteiger charge is -2.18. The van der Waals surface area contributed by atoms with Crippen LogP contribution in [0.4, 0.5) is 11.4 Å². The molecular weight excluding hydrogens is 220 g/mol. The van der Waals surface area contributed by atoms with Crippen molar-refractivity contribution < 1.29 is 9.72 Å². The van der Waals surface area contributed by atoms with Crippen LogP contribution in [0.15, 0.2) is 18.2 Å². The molecule has 0 N–H and O–H groups in total. The van der Waals surface area contributed by atoms with Crippen LogP contribution in [0.1, 0.15) is 30.6 Å². The minimum absolute atomic E-state index is 0.127. The van der Waals surface area contributed by atoms with E-state index in [9.17, 15) is 14.9 Å². The van der Waals surface area contributed by atoms with Crippen molar-refractivity contribution in [2.75, 3.05) is 18.5 Å². The molecule has 5 nitrogen and oxygen atoms in total. The number of hydrogen-bond donors (Lipinski definition) is 0. The van der Waals surface area contributed by atoms with Gasteiger partial charge in [0.15, 0.2) is 5.78 Å². The second-order valence-corrected chi connectivity index (χ2v) is 3.94. The lowest BCUT2D eigenvalue weighted by atomic mass is 10.1. The number of anilines is 1. The maximum Gasteiger partial charge on any atom is 0.282 e. The molecule has 0 amide bonds. The topological polar surface area (TPSA) is 63.5 Å². The average molecular weight is 236 g/mol. The molecule has 0 heterocycles. The molecule has 1 aromatic rings. The van der Waals surface area contributed by atoms with Crippen molar-refractivity contribution in [1.82, 2.24) is 0 Å². The summed E-state index contributed by atoms with van der Waals surface area (Å²) < 4.78 is 0. The van der Waals surface area contributed by atoms with E-state index in [-0.39, 0.29) is 17.0 Å². The zero-order valence-electron chi connectivity index (χ0n) is 10.3. The minimum atomic E-state index is -0.514. The van der Waals surface area contributed by atoms with Crippen LogP contribution in [-0.4, -0.2) is 24.3 Å². The lowest BCUT2D eigenvalue weighted by molar-refractivity contribution is -0.385. The summed E-state index contributed by atoms with van der Waals surface area (Å²) in [5.41, 5.74) is 0.783. The zero-order chi connectivity index (χ0) is 13.0. The highest BCUT2D eigenvalue weighted by molar-refractivity contribution is 5.98. The number of hydrogen-bond acceptors (Lipinski definition) is 4. The smallest absolute Gasteiger partial charge is 0.282 e. The summed E-state index contributed by atoms with van der Waals surface area (Å²) in [6.07, 6.45) is 0.957. The van der Waals surface area contributed by atoms with E-state index in [2.05, 4.69) is 0 Å². The molecule has 0 spiro atoms. The highest BCUT2D eigenvalue weighted by atomic mass is 16.6. The number of carbonyl (C=O) groups is 1. The van der Waals surface area contributed by atoms with Gasteiger partial charge in [0.2, 0.25) is 0 Å². The number of nitrogens with zero attached hydrogens (tertiary/aromatic N) is 2. The Morgan fingerprint density at radius 2 is 2.12 bits per heavy atom. The molecule has 17 heavy (non-hydrogen) atoms. The Balaban J connectivity index is 3.18. The van der Waals surface area contributed by atoms with Gasteiger partial charge in [-0.1, -0.05) is 6.92 Å². The number of nitro groups is 1. The van der Waals surface area contributed by atoms with Gasteiger partial charge < -0.3 is 4.90 Å². The molecule has 0 atom stereocenters. The monoisotopic (exact) mass is 236 g/mol. The number of nitro benzene ring substituents is 1. The van der Waals surface area contributed by atoms with Gasteiger partial charge >= 0.3 is 0 Å². The van der Waals surface area contributed by atoms with Gasteiger partial charge in [-0.15, -0.1) is 0 Å². The number of Topliss-reactive ketones (excluding diaryl/α,β-unsaturated/α-hetero) is 1. The van der Waals surface area contributed by atoms with E-state index >= 15 is 0 Å². The third kappa shape index (κ3) is 3.03. The Morgan fingerprint density at radius 3 is 2.59 bits per heavy atom. The predicted molar refractivity (Wildman–Crippen MR) is 66.7 cm³/mol. The van der Waals surface area contributed by atoms with E-state index in [1.807, 2.05) is 18.9 Å². The van der Waals surface area contributed by atoms with Crippen molar-refractivity contribution in [3.63, 3.8) is 0 Å². The quantitative estimate of drug-likeness (QED) is 0.448. The molecular formula is C12H16N2O3. The van der Waals surface area contributed by atoms with Crippen molar-refractivity contribution in [1.29, 1.82) is 0 Å². The van der Waals surface area contributed by atoms with Crippen molar-refractivity contribution in [3.05, 3.63) is 33.9 Å². The van der Waals surface area contributed by atoms with Gasteiger partial charge in [0.1, 0.15) is 0 Å². The standard InChI is InChI=1S/C12H16N2O3/c1-4-7-13(3)10-5-6-11(9(2)15)12(8-10)14(16)17/h5-6,8H,4,7H2,1-3H3. The normalized spacial score (nSPS) is 10.1. The predicted octanol–water partition coefficient (Wildman–Crippen LogP) is 2.64. The summed E-state index contributed by atoms with van der Waals surface area (Å²) in [6.45, 7) is 4.18. The van der Waals surface area contributed by atoms with Gasteiger partial charge in [-0.05, 0) is 25.5 Å². The fourth-order valence-electron chi connectivity index (χ4n) is 1.67. The summed E-state index contributed by atoms with van der Waals surface area (Å²) in [4.78, 5) is 23.6. The molecule has 0 saturated carbocycles. The van der Waals surface area contributed by atoms with Crippen LogP contribution in [0.5, 0.6) is 0 Å². The van der Waals surface area contributed by atoms with Crippen LogP contribution in [0.3, 0.4) is 0 Å². The van der Waals surface area contributed by atoms with Crippen LogP contribution in [-0.2, 0) is 0 Å². The molecule has 0 unspecified atom stereocenters.